The van der Waals surface area contributed by atoms with E-state index in [1.807, 2.05) is 51.1 Å². The number of alkyl carbamates (subject to hydrolysis) is 1. The highest BCUT2D eigenvalue weighted by Crippen LogP contribution is 2.27. The van der Waals surface area contributed by atoms with Crippen LogP contribution >= 0.6 is 0 Å². The molecule has 2 unspecified atom stereocenters. The molecule has 0 radical (unpaired) electrons. The van der Waals surface area contributed by atoms with Crippen LogP contribution in [0.4, 0.5) is 4.79 Å². The highest BCUT2D eigenvalue weighted by Gasteiger charge is 2.32. The average Bonchev–Trinajstić information content (AvgIpc) is 2.81. The van der Waals surface area contributed by atoms with Gasteiger partial charge in [0.25, 0.3) is 0 Å². The van der Waals surface area contributed by atoms with Crippen LogP contribution in [0.5, 0.6) is 0 Å². The molecule has 0 aromatic heterocycles. The maximum absolute atomic E-state index is 12.0. The molecule has 0 saturated carbocycles. The standard InChI is InChI=1S/C16H22N2O3/c1-16(2,3)21-15(20)18-14(11-7-5-4-6-8-11)12-9-13(19)17-10-12/h4-8,12,14H,9-10H2,1-3H3,(H,17,19)(H,18,20). The van der Waals surface area contributed by atoms with Gasteiger partial charge in [0.2, 0.25) is 5.91 Å². The minimum Gasteiger partial charge on any atom is -0.444 e. The maximum Gasteiger partial charge on any atom is 0.408 e. The van der Waals surface area contributed by atoms with E-state index in [1.165, 1.54) is 0 Å². The number of hydrogen-bond donors (Lipinski definition) is 2. The minimum absolute atomic E-state index is 0.0203. The number of nitrogens with one attached hydrogen (secondary N) is 2. The predicted octanol–water partition coefficient (Wildman–Crippen LogP) is 2.39. The number of carbonyl (C=O) groups is 2. The van der Waals surface area contributed by atoms with Crippen molar-refractivity contribution in [1.82, 2.24) is 10.6 Å². The molecular weight excluding hydrogens is 268 g/mol. The van der Waals surface area contributed by atoms with Crippen LogP contribution in [0.1, 0.15) is 38.8 Å². The van der Waals surface area contributed by atoms with Crippen molar-refractivity contribution in [2.75, 3.05) is 6.54 Å². The van der Waals surface area contributed by atoms with Gasteiger partial charge >= 0.3 is 6.09 Å². The summed E-state index contributed by atoms with van der Waals surface area (Å²) >= 11 is 0. The Hall–Kier alpha value is -2.04. The van der Waals surface area contributed by atoms with E-state index in [-0.39, 0.29) is 17.9 Å². The van der Waals surface area contributed by atoms with Gasteiger partial charge in [0, 0.05) is 18.9 Å². The highest BCUT2D eigenvalue weighted by molar-refractivity contribution is 5.78. The third-order valence-corrected chi connectivity index (χ3v) is 3.31. The highest BCUT2D eigenvalue weighted by atomic mass is 16.6. The first kappa shape index (κ1) is 15.4. The van der Waals surface area contributed by atoms with Crippen LogP contribution in [0, 0.1) is 5.92 Å². The molecule has 0 aliphatic carbocycles. The lowest BCUT2D eigenvalue weighted by Crippen LogP contribution is -2.38. The molecule has 1 aromatic rings. The molecule has 2 atom stereocenters. The lowest BCUT2D eigenvalue weighted by molar-refractivity contribution is -0.119. The van der Waals surface area contributed by atoms with E-state index in [0.717, 1.165) is 5.56 Å². The van der Waals surface area contributed by atoms with Gasteiger partial charge in [-0.15, -0.1) is 0 Å². The minimum atomic E-state index is -0.547. The SMILES string of the molecule is CC(C)(C)OC(=O)NC(c1ccccc1)C1CNC(=O)C1. The largest absolute Gasteiger partial charge is 0.444 e. The van der Waals surface area contributed by atoms with Crippen molar-refractivity contribution in [1.29, 1.82) is 0 Å². The summed E-state index contributed by atoms with van der Waals surface area (Å²) in [5, 5.41) is 5.71. The van der Waals surface area contributed by atoms with Crippen molar-refractivity contribution in [2.45, 2.75) is 38.8 Å². The van der Waals surface area contributed by atoms with Crippen LogP contribution in [-0.4, -0.2) is 24.1 Å². The van der Waals surface area contributed by atoms with Crippen molar-refractivity contribution in [2.24, 2.45) is 5.92 Å². The van der Waals surface area contributed by atoms with Gasteiger partial charge in [-0.1, -0.05) is 30.3 Å². The Kier molecular flexibility index (Phi) is 4.50. The van der Waals surface area contributed by atoms with Gasteiger partial charge < -0.3 is 15.4 Å². The molecule has 114 valence electrons. The molecular formula is C16H22N2O3. The van der Waals surface area contributed by atoms with Gasteiger partial charge in [-0.3, -0.25) is 4.79 Å². The number of benzene rings is 1. The molecule has 2 N–H and O–H groups in total. The van der Waals surface area contributed by atoms with Gasteiger partial charge in [-0.25, -0.2) is 4.79 Å². The van der Waals surface area contributed by atoms with Gasteiger partial charge in [0.1, 0.15) is 5.60 Å². The normalized spacial score (nSPS) is 19.8. The van der Waals surface area contributed by atoms with E-state index in [9.17, 15) is 9.59 Å². The van der Waals surface area contributed by atoms with E-state index in [2.05, 4.69) is 10.6 Å². The molecule has 1 aliphatic rings. The molecule has 0 bridgehead atoms. The number of hydrogen-bond acceptors (Lipinski definition) is 3. The Morgan fingerprint density at radius 1 is 1.33 bits per heavy atom. The average molecular weight is 290 g/mol. The van der Waals surface area contributed by atoms with Crippen LogP contribution in [-0.2, 0) is 9.53 Å². The number of ether oxygens (including phenoxy) is 1. The second-order valence-corrected chi connectivity index (χ2v) is 6.30. The third-order valence-electron chi connectivity index (χ3n) is 3.31. The summed E-state index contributed by atoms with van der Waals surface area (Å²) in [5.74, 6) is 0.0549. The van der Waals surface area contributed by atoms with Crippen LogP contribution in [0.2, 0.25) is 0 Å². The van der Waals surface area contributed by atoms with E-state index >= 15 is 0 Å². The zero-order valence-electron chi connectivity index (χ0n) is 12.7. The predicted molar refractivity (Wildman–Crippen MR) is 79.7 cm³/mol. The van der Waals surface area contributed by atoms with Crippen molar-refractivity contribution in [3.63, 3.8) is 0 Å². The van der Waals surface area contributed by atoms with E-state index in [4.69, 9.17) is 4.74 Å². The summed E-state index contributed by atoms with van der Waals surface area (Å²) in [6.07, 6.45) is -0.0503. The summed E-state index contributed by atoms with van der Waals surface area (Å²) in [6.45, 7) is 6.04. The first-order valence-corrected chi connectivity index (χ1v) is 7.16. The van der Waals surface area contributed by atoms with Crippen molar-refractivity contribution >= 4 is 12.0 Å². The number of rotatable bonds is 3. The lowest BCUT2D eigenvalue weighted by Gasteiger charge is -2.26. The fourth-order valence-electron chi connectivity index (χ4n) is 2.43. The third kappa shape index (κ3) is 4.48. The Bertz CT molecular complexity index is 508. The summed E-state index contributed by atoms with van der Waals surface area (Å²) in [5.41, 5.74) is 0.430. The monoisotopic (exact) mass is 290 g/mol. The molecule has 1 aliphatic heterocycles. The zero-order chi connectivity index (χ0) is 15.5. The fourth-order valence-corrected chi connectivity index (χ4v) is 2.43. The Morgan fingerprint density at radius 3 is 2.52 bits per heavy atom. The molecule has 2 rings (SSSR count). The van der Waals surface area contributed by atoms with E-state index in [1.54, 1.807) is 0 Å². The quantitative estimate of drug-likeness (QED) is 0.898. The molecule has 21 heavy (non-hydrogen) atoms. The first-order valence-electron chi connectivity index (χ1n) is 7.16. The van der Waals surface area contributed by atoms with Crippen LogP contribution in [0.3, 0.4) is 0 Å². The maximum atomic E-state index is 12.0. The van der Waals surface area contributed by atoms with Gasteiger partial charge in [0.05, 0.1) is 6.04 Å². The molecule has 5 nitrogen and oxygen atoms in total. The molecule has 2 amide bonds. The Morgan fingerprint density at radius 2 is 2.00 bits per heavy atom. The molecule has 1 saturated heterocycles. The van der Waals surface area contributed by atoms with Gasteiger partial charge in [-0.2, -0.15) is 0 Å². The van der Waals surface area contributed by atoms with Crippen LogP contribution in [0.25, 0.3) is 0 Å². The number of carbonyl (C=O) groups excluding carboxylic acids is 2. The Balaban J connectivity index is 2.13. The summed E-state index contributed by atoms with van der Waals surface area (Å²) < 4.78 is 5.32. The number of amides is 2. The topological polar surface area (TPSA) is 67.4 Å². The molecule has 1 heterocycles. The zero-order valence-corrected chi connectivity index (χ0v) is 12.7. The van der Waals surface area contributed by atoms with Crippen molar-refractivity contribution in [3.8, 4) is 0 Å². The molecule has 1 fully saturated rings. The van der Waals surface area contributed by atoms with Gasteiger partial charge in [0.15, 0.2) is 0 Å². The van der Waals surface area contributed by atoms with Crippen molar-refractivity contribution < 1.29 is 14.3 Å². The summed E-state index contributed by atoms with van der Waals surface area (Å²) in [6, 6.07) is 9.42. The smallest absolute Gasteiger partial charge is 0.408 e. The van der Waals surface area contributed by atoms with Gasteiger partial charge in [-0.05, 0) is 26.3 Å². The summed E-state index contributed by atoms with van der Waals surface area (Å²) in [4.78, 5) is 23.5. The fraction of sp³-hybridized carbons (Fsp3) is 0.500. The van der Waals surface area contributed by atoms with Crippen LogP contribution < -0.4 is 10.6 Å². The van der Waals surface area contributed by atoms with E-state index < -0.39 is 11.7 Å². The molecule has 1 aromatic carbocycles. The molecule has 0 spiro atoms. The second kappa shape index (κ2) is 6.16. The Labute approximate surface area is 125 Å². The lowest BCUT2D eigenvalue weighted by atomic mass is 9.92. The first-order chi connectivity index (χ1) is 9.85. The molecule has 5 heteroatoms. The van der Waals surface area contributed by atoms with E-state index in [0.29, 0.717) is 13.0 Å². The second-order valence-electron chi connectivity index (χ2n) is 6.30. The van der Waals surface area contributed by atoms with Crippen LogP contribution in [0.15, 0.2) is 30.3 Å². The summed E-state index contributed by atoms with van der Waals surface area (Å²) in [7, 11) is 0. The van der Waals surface area contributed by atoms with Crippen molar-refractivity contribution in [3.05, 3.63) is 35.9 Å².